The molecule has 1 saturated heterocycles. The second kappa shape index (κ2) is 11.3. The van der Waals surface area contributed by atoms with E-state index in [0.29, 0.717) is 0 Å². The van der Waals surface area contributed by atoms with E-state index in [1.165, 1.54) is 5.69 Å². The van der Waals surface area contributed by atoms with E-state index >= 15 is 0 Å². The second-order valence-electron chi connectivity index (χ2n) is 10.2. The van der Waals surface area contributed by atoms with Crippen molar-refractivity contribution in [2.24, 2.45) is 0 Å². The minimum atomic E-state index is 0.767. The Hall–Kier alpha value is -4.95. The van der Waals surface area contributed by atoms with Crippen LogP contribution in [0, 0.1) is 0 Å². The summed E-state index contributed by atoms with van der Waals surface area (Å²) in [6, 6.07) is 18.3. The van der Waals surface area contributed by atoms with E-state index < -0.39 is 0 Å². The van der Waals surface area contributed by atoms with E-state index in [1.807, 2.05) is 67.7 Å². The first-order chi connectivity index (χ1) is 20.0. The molecular formula is C33H34N8. The molecule has 0 atom stereocenters. The number of pyridine rings is 2. The number of benzene rings is 1. The van der Waals surface area contributed by atoms with E-state index in [2.05, 4.69) is 67.6 Å². The molecule has 206 valence electrons. The highest BCUT2D eigenvalue weighted by molar-refractivity contribution is 5.97. The van der Waals surface area contributed by atoms with Gasteiger partial charge in [0.15, 0.2) is 0 Å². The van der Waals surface area contributed by atoms with Crippen molar-refractivity contribution < 1.29 is 0 Å². The van der Waals surface area contributed by atoms with Gasteiger partial charge in [0.1, 0.15) is 16.9 Å². The van der Waals surface area contributed by atoms with Gasteiger partial charge in [-0.2, -0.15) is 5.10 Å². The van der Waals surface area contributed by atoms with Gasteiger partial charge < -0.3 is 20.1 Å². The molecule has 0 unspecified atom stereocenters. The zero-order chi connectivity index (χ0) is 28.3. The normalized spacial score (nSPS) is 15.0. The monoisotopic (exact) mass is 542 g/mol. The number of aromatic nitrogens is 5. The number of anilines is 1. The molecule has 5 heterocycles. The van der Waals surface area contributed by atoms with Gasteiger partial charge in [-0.1, -0.05) is 49.6 Å². The van der Waals surface area contributed by atoms with E-state index in [1.54, 1.807) is 6.08 Å². The number of H-pyrrole nitrogens is 2. The molecule has 6 rings (SSSR count). The third-order valence-electron chi connectivity index (χ3n) is 7.57. The average Bonchev–Trinajstić information content (AvgIpc) is 3.64. The third-order valence-corrected chi connectivity index (χ3v) is 7.57. The minimum absolute atomic E-state index is 0.767. The molecule has 3 N–H and O–H groups in total. The summed E-state index contributed by atoms with van der Waals surface area (Å²) in [6.45, 7) is 14.3. The van der Waals surface area contributed by atoms with E-state index in [-0.39, 0.29) is 0 Å². The fourth-order valence-electron chi connectivity index (χ4n) is 5.22. The largest absolute Gasteiger partial charge is 0.368 e. The van der Waals surface area contributed by atoms with E-state index in [4.69, 9.17) is 4.98 Å². The molecule has 0 radical (unpaired) electrons. The zero-order valence-corrected chi connectivity index (χ0v) is 23.5. The first-order valence-electron chi connectivity index (χ1n) is 13.8. The molecule has 41 heavy (non-hydrogen) atoms. The molecule has 0 spiro atoms. The van der Waals surface area contributed by atoms with Crippen molar-refractivity contribution in [1.82, 2.24) is 35.4 Å². The summed E-state index contributed by atoms with van der Waals surface area (Å²) in [5.41, 5.74) is 9.81. The van der Waals surface area contributed by atoms with Gasteiger partial charge in [-0.15, -0.1) is 0 Å². The number of hydrogen-bond donors (Lipinski definition) is 3. The van der Waals surface area contributed by atoms with Gasteiger partial charge in [-0.25, -0.2) is 9.97 Å². The number of nitrogens with one attached hydrogen (secondary N) is 3. The molecule has 1 aliphatic heterocycles. The summed E-state index contributed by atoms with van der Waals surface area (Å²) < 4.78 is 0. The van der Waals surface area contributed by atoms with Crippen LogP contribution in [0.15, 0.2) is 97.9 Å². The Bertz CT molecular complexity index is 1780. The molecule has 1 aromatic carbocycles. The minimum Gasteiger partial charge on any atom is -0.368 e. The lowest BCUT2D eigenvalue weighted by molar-refractivity contribution is 0.313. The molecule has 1 aliphatic rings. The van der Waals surface area contributed by atoms with Crippen molar-refractivity contribution in [1.29, 1.82) is 0 Å². The van der Waals surface area contributed by atoms with Crippen LogP contribution in [0.5, 0.6) is 0 Å². The van der Waals surface area contributed by atoms with Gasteiger partial charge in [-0.3, -0.25) is 5.10 Å². The number of piperazine rings is 1. The summed E-state index contributed by atoms with van der Waals surface area (Å²) in [7, 11) is 2.17. The van der Waals surface area contributed by atoms with Crippen LogP contribution >= 0.6 is 0 Å². The predicted octanol–water partition coefficient (Wildman–Crippen LogP) is 5.99. The standard InChI is InChI=1S/C33H34N8/c1-5-23(20-25(6-2)35-22(3)24-10-8-7-9-11-24)27-12-13-28-31(36-27)32(39-38-28)29-21-26-30(14-15-34-33(26)37-29)41-18-16-40(4)17-19-41/h5-15,20-21,35H,2-3,16-19H2,1,4H3,(H,34,37)(H,38,39)/b23-5+,25-20+. The number of hydrogen-bond acceptors (Lipinski definition) is 6. The molecular weight excluding hydrogens is 508 g/mol. The summed E-state index contributed by atoms with van der Waals surface area (Å²) >= 11 is 0. The number of fused-ring (bicyclic) bond motifs is 2. The summed E-state index contributed by atoms with van der Waals surface area (Å²) in [6.07, 6.45) is 7.73. The average molecular weight is 543 g/mol. The van der Waals surface area contributed by atoms with Crippen LogP contribution in [0.25, 0.3) is 44.7 Å². The van der Waals surface area contributed by atoms with Crippen molar-refractivity contribution in [2.45, 2.75) is 6.92 Å². The smallest absolute Gasteiger partial charge is 0.139 e. The highest BCUT2D eigenvalue weighted by Gasteiger charge is 2.20. The molecule has 0 bridgehead atoms. The van der Waals surface area contributed by atoms with Crippen LogP contribution in [0.2, 0.25) is 0 Å². The Morgan fingerprint density at radius 1 is 1.05 bits per heavy atom. The Labute approximate surface area is 239 Å². The lowest BCUT2D eigenvalue weighted by Crippen LogP contribution is -2.44. The molecule has 1 fully saturated rings. The zero-order valence-electron chi connectivity index (χ0n) is 23.5. The summed E-state index contributed by atoms with van der Waals surface area (Å²) in [5.74, 6) is 0. The number of nitrogens with zero attached hydrogens (tertiary/aromatic N) is 5. The van der Waals surface area contributed by atoms with Crippen LogP contribution in [0.1, 0.15) is 18.2 Å². The van der Waals surface area contributed by atoms with Crippen LogP contribution in [-0.2, 0) is 0 Å². The topological polar surface area (TPSA) is 88.8 Å². The van der Waals surface area contributed by atoms with Gasteiger partial charge in [0, 0.05) is 54.8 Å². The van der Waals surface area contributed by atoms with Gasteiger partial charge >= 0.3 is 0 Å². The number of likely N-dealkylation sites (N-methyl/N-ethyl adjacent to an activating group) is 1. The highest BCUT2D eigenvalue weighted by Crippen LogP contribution is 2.33. The van der Waals surface area contributed by atoms with Gasteiger partial charge in [0.05, 0.1) is 16.9 Å². The SMILES string of the molecule is C=C/C(=C\C(=C/C)c1ccc2[nH]nc(-c3cc4c(N5CCN(C)CC5)ccnc4[nH]3)c2n1)NC(=C)c1ccccc1. The molecule has 0 aliphatic carbocycles. The molecule has 5 aromatic rings. The lowest BCUT2D eigenvalue weighted by atomic mass is 10.1. The van der Waals surface area contributed by atoms with Crippen molar-refractivity contribution >= 4 is 39.0 Å². The third kappa shape index (κ3) is 5.29. The van der Waals surface area contributed by atoms with Crippen LogP contribution in [0.3, 0.4) is 0 Å². The lowest BCUT2D eigenvalue weighted by Gasteiger charge is -2.34. The fraction of sp³-hybridized carbons (Fsp3) is 0.182. The van der Waals surface area contributed by atoms with Crippen LogP contribution in [-0.4, -0.2) is 63.3 Å². The van der Waals surface area contributed by atoms with Crippen molar-refractivity contribution in [3.63, 3.8) is 0 Å². The molecule has 0 amide bonds. The Kier molecular flexibility index (Phi) is 7.22. The fourth-order valence-corrected chi connectivity index (χ4v) is 5.22. The Morgan fingerprint density at radius 3 is 2.61 bits per heavy atom. The molecule has 8 heteroatoms. The predicted molar refractivity (Wildman–Crippen MR) is 169 cm³/mol. The second-order valence-corrected chi connectivity index (χ2v) is 10.2. The Balaban J connectivity index is 1.32. The maximum absolute atomic E-state index is 5.05. The Morgan fingerprint density at radius 2 is 1.85 bits per heavy atom. The van der Waals surface area contributed by atoms with Crippen LogP contribution < -0.4 is 10.2 Å². The number of rotatable bonds is 8. The maximum atomic E-state index is 5.05. The van der Waals surface area contributed by atoms with E-state index in [9.17, 15) is 0 Å². The quantitative estimate of drug-likeness (QED) is 0.209. The van der Waals surface area contributed by atoms with Crippen molar-refractivity contribution in [3.05, 3.63) is 109 Å². The summed E-state index contributed by atoms with van der Waals surface area (Å²) in [4.78, 5) is 18.0. The summed E-state index contributed by atoms with van der Waals surface area (Å²) in [5, 5.41) is 12.3. The van der Waals surface area contributed by atoms with Crippen molar-refractivity contribution in [2.75, 3.05) is 38.1 Å². The van der Waals surface area contributed by atoms with Gasteiger partial charge in [0.2, 0.25) is 0 Å². The van der Waals surface area contributed by atoms with Crippen LogP contribution in [0.4, 0.5) is 5.69 Å². The highest BCUT2D eigenvalue weighted by atomic mass is 15.2. The van der Waals surface area contributed by atoms with Gasteiger partial charge in [-0.05, 0) is 61.5 Å². The van der Waals surface area contributed by atoms with Gasteiger partial charge in [0.25, 0.3) is 0 Å². The van der Waals surface area contributed by atoms with Crippen molar-refractivity contribution in [3.8, 4) is 11.4 Å². The molecule has 0 saturated carbocycles. The molecule has 4 aromatic heterocycles. The number of allylic oxidation sites excluding steroid dienone is 4. The maximum Gasteiger partial charge on any atom is 0.139 e. The number of aromatic amines is 2. The first-order valence-corrected chi connectivity index (χ1v) is 13.8. The first kappa shape index (κ1) is 26.3. The van der Waals surface area contributed by atoms with E-state index in [0.717, 1.165) is 87.9 Å². The molecule has 8 nitrogen and oxygen atoms in total.